The van der Waals surface area contributed by atoms with Gasteiger partial charge >= 0.3 is 0 Å². The summed E-state index contributed by atoms with van der Waals surface area (Å²) in [6.45, 7) is 6.12. The molecule has 5 heteroatoms. The Kier molecular flexibility index (Phi) is 4.95. The van der Waals surface area contributed by atoms with Crippen LogP contribution in [0.15, 0.2) is 35.5 Å². The van der Waals surface area contributed by atoms with Crippen molar-refractivity contribution >= 4 is 17.5 Å². The highest BCUT2D eigenvalue weighted by molar-refractivity contribution is 8.00. The fourth-order valence-corrected chi connectivity index (χ4v) is 2.82. The number of hydrogen-bond acceptors (Lipinski definition) is 4. The van der Waals surface area contributed by atoms with E-state index in [0.717, 1.165) is 10.7 Å². The number of ketones is 1. The van der Waals surface area contributed by atoms with Gasteiger partial charge in [0.15, 0.2) is 5.78 Å². The molecule has 0 bridgehead atoms. The fourth-order valence-electron chi connectivity index (χ4n) is 1.94. The highest BCUT2D eigenvalue weighted by atomic mass is 32.2. The Morgan fingerprint density at radius 2 is 2.10 bits per heavy atom. The fraction of sp³-hybridized carbons (Fsp3) is 0.400. The van der Waals surface area contributed by atoms with Crippen molar-refractivity contribution in [3.05, 3.63) is 42.0 Å². The SMILES string of the molecule is Cc1ccccc1SCC(=O)Cc1ncnn1C(C)C. The molecule has 1 aromatic carbocycles. The van der Waals surface area contributed by atoms with Gasteiger partial charge in [-0.1, -0.05) is 18.2 Å². The van der Waals surface area contributed by atoms with Gasteiger partial charge in [0, 0.05) is 10.9 Å². The van der Waals surface area contributed by atoms with Crippen molar-refractivity contribution in [1.82, 2.24) is 14.8 Å². The molecule has 0 radical (unpaired) electrons. The maximum Gasteiger partial charge on any atom is 0.150 e. The standard InChI is InChI=1S/C15H19N3OS/c1-11(2)18-15(16-10-17-18)8-13(19)9-20-14-7-5-4-6-12(14)3/h4-7,10-11H,8-9H2,1-3H3. The third kappa shape index (κ3) is 3.70. The second kappa shape index (κ2) is 6.70. The first-order chi connectivity index (χ1) is 9.58. The van der Waals surface area contributed by atoms with Gasteiger partial charge in [0.25, 0.3) is 0 Å². The number of carbonyl (C=O) groups is 1. The Balaban J connectivity index is 1.93. The average Bonchev–Trinajstić information content (AvgIpc) is 2.86. The van der Waals surface area contributed by atoms with E-state index in [0.29, 0.717) is 12.2 Å². The molecule has 0 atom stereocenters. The van der Waals surface area contributed by atoms with E-state index in [9.17, 15) is 4.79 Å². The van der Waals surface area contributed by atoms with Crippen molar-refractivity contribution in [1.29, 1.82) is 0 Å². The molecule has 0 unspecified atom stereocenters. The number of rotatable bonds is 6. The predicted molar refractivity (Wildman–Crippen MR) is 81.0 cm³/mol. The number of nitrogens with zero attached hydrogens (tertiary/aromatic N) is 3. The Hall–Kier alpha value is -1.62. The van der Waals surface area contributed by atoms with Crippen LogP contribution in [0.2, 0.25) is 0 Å². The van der Waals surface area contributed by atoms with Crippen LogP contribution >= 0.6 is 11.8 Å². The van der Waals surface area contributed by atoms with Gasteiger partial charge in [0.1, 0.15) is 12.2 Å². The summed E-state index contributed by atoms with van der Waals surface area (Å²) in [4.78, 5) is 17.4. The lowest BCUT2D eigenvalue weighted by Crippen LogP contribution is -2.14. The van der Waals surface area contributed by atoms with E-state index in [4.69, 9.17) is 0 Å². The summed E-state index contributed by atoms with van der Waals surface area (Å²) in [5, 5.41) is 4.15. The summed E-state index contributed by atoms with van der Waals surface area (Å²) < 4.78 is 1.80. The molecule has 2 aromatic rings. The maximum absolute atomic E-state index is 12.1. The summed E-state index contributed by atoms with van der Waals surface area (Å²) in [5.74, 6) is 1.39. The monoisotopic (exact) mass is 289 g/mol. The number of Topliss-reactive ketones (excluding diaryl/α,β-unsaturated/α-hetero) is 1. The summed E-state index contributed by atoms with van der Waals surface area (Å²) >= 11 is 1.58. The Morgan fingerprint density at radius 3 is 2.80 bits per heavy atom. The van der Waals surface area contributed by atoms with Gasteiger partial charge in [-0.15, -0.1) is 11.8 Å². The molecular weight excluding hydrogens is 270 g/mol. The van der Waals surface area contributed by atoms with Gasteiger partial charge in [0.2, 0.25) is 0 Å². The first-order valence-corrected chi connectivity index (χ1v) is 7.65. The number of thioether (sulfide) groups is 1. The molecule has 0 aliphatic heterocycles. The van der Waals surface area contributed by atoms with Crippen molar-refractivity contribution < 1.29 is 4.79 Å². The van der Waals surface area contributed by atoms with Crippen LogP contribution < -0.4 is 0 Å². The van der Waals surface area contributed by atoms with Gasteiger partial charge in [-0.05, 0) is 32.4 Å². The zero-order valence-corrected chi connectivity index (χ0v) is 12.9. The van der Waals surface area contributed by atoms with Gasteiger partial charge in [0.05, 0.1) is 12.2 Å². The Bertz CT molecular complexity index is 592. The van der Waals surface area contributed by atoms with Crippen molar-refractivity contribution in [2.24, 2.45) is 0 Å². The van der Waals surface area contributed by atoms with Crippen molar-refractivity contribution in [3.63, 3.8) is 0 Å². The highest BCUT2D eigenvalue weighted by Gasteiger charge is 2.12. The lowest BCUT2D eigenvalue weighted by molar-refractivity contribution is -0.116. The number of aromatic nitrogens is 3. The molecule has 4 nitrogen and oxygen atoms in total. The maximum atomic E-state index is 12.1. The van der Waals surface area contributed by atoms with E-state index in [-0.39, 0.29) is 11.8 Å². The normalized spacial score (nSPS) is 11.0. The van der Waals surface area contributed by atoms with E-state index in [1.54, 1.807) is 16.4 Å². The summed E-state index contributed by atoms with van der Waals surface area (Å²) in [6.07, 6.45) is 1.86. The number of hydrogen-bond donors (Lipinski definition) is 0. The van der Waals surface area contributed by atoms with Gasteiger partial charge in [-0.2, -0.15) is 5.10 Å². The minimum absolute atomic E-state index is 0.174. The van der Waals surface area contributed by atoms with E-state index in [1.807, 2.05) is 32.0 Å². The van der Waals surface area contributed by atoms with Crippen LogP contribution in [0.4, 0.5) is 0 Å². The molecule has 2 rings (SSSR count). The van der Waals surface area contributed by atoms with E-state index in [2.05, 4.69) is 23.1 Å². The molecule has 106 valence electrons. The zero-order valence-electron chi connectivity index (χ0n) is 12.0. The minimum atomic E-state index is 0.174. The van der Waals surface area contributed by atoms with E-state index >= 15 is 0 Å². The molecular formula is C15H19N3OS. The zero-order chi connectivity index (χ0) is 14.5. The van der Waals surface area contributed by atoms with Crippen LogP contribution in [-0.2, 0) is 11.2 Å². The molecule has 0 aliphatic carbocycles. The number of carbonyl (C=O) groups excluding carboxylic acids is 1. The molecule has 1 aromatic heterocycles. The Labute approximate surface area is 123 Å². The molecule has 20 heavy (non-hydrogen) atoms. The van der Waals surface area contributed by atoms with E-state index < -0.39 is 0 Å². The number of aryl methyl sites for hydroxylation is 1. The van der Waals surface area contributed by atoms with Gasteiger partial charge in [-0.3, -0.25) is 4.79 Å². The third-order valence-corrected chi connectivity index (χ3v) is 4.21. The van der Waals surface area contributed by atoms with Crippen LogP contribution in [0.5, 0.6) is 0 Å². The van der Waals surface area contributed by atoms with Crippen LogP contribution in [0.3, 0.4) is 0 Å². The summed E-state index contributed by atoms with van der Waals surface area (Å²) in [5.41, 5.74) is 1.20. The van der Waals surface area contributed by atoms with Crippen LogP contribution in [-0.4, -0.2) is 26.3 Å². The average molecular weight is 289 g/mol. The second-order valence-electron chi connectivity index (χ2n) is 4.98. The molecule has 1 heterocycles. The quantitative estimate of drug-likeness (QED) is 0.767. The van der Waals surface area contributed by atoms with Crippen LogP contribution in [0.25, 0.3) is 0 Å². The first kappa shape index (κ1) is 14.8. The Morgan fingerprint density at radius 1 is 1.35 bits per heavy atom. The minimum Gasteiger partial charge on any atom is -0.298 e. The largest absolute Gasteiger partial charge is 0.298 e. The first-order valence-electron chi connectivity index (χ1n) is 6.66. The molecule has 0 aliphatic rings. The molecule has 0 N–H and O–H groups in total. The lowest BCUT2D eigenvalue weighted by Gasteiger charge is -2.09. The molecule has 0 saturated carbocycles. The summed E-state index contributed by atoms with van der Waals surface area (Å²) in [6, 6.07) is 8.33. The van der Waals surface area contributed by atoms with Crippen molar-refractivity contribution in [2.45, 2.75) is 38.1 Å². The van der Waals surface area contributed by atoms with Gasteiger partial charge in [-0.25, -0.2) is 9.67 Å². The summed E-state index contributed by atoms with van der Waals surface area (Å²) in [7, 11) is 0. The smallest absolute Gasteiger partial charge is 0.150 e. The van der Waals surface area contributed by atoms with Crippen molar-refractivity contribution in [2.75, 3.05) is 5.75 Å². The van der Waals surface area contributed by atoms with Gasteiger partial charge < -0.3 is 0 Å². The number of benzene rings is 1. The molecule has 0 amide bonds. The molecule has 0 fully saturated rings. The highest BCUT2D eigenvalue weighted by Crippen LogP contribution is 2.22. The van der Waals surface area contributed by atoms with E-state index in [1.165, 1.54) is 11.9 Å². The topological polar surface area (TPSA) is 47.8 Å². The third-order valence-electron chi connectivity index (χ3n) is 2.97. The molecule has 0 saturated heterocycles. The lowest BCUT2D eigenvalue weighted by atomic mass is 10.2. The predicted octanol–water partition coefficient (Wildman–Crippen LogP) is 3.07. The molecule has 0 spiro atoms. The second-order valence-corrected chi connectivity index (χ2v) is 6.00. The van der Waals surface area contributed by atoms with Crippen LogP contribution in [0, 0.1) is 6.92 Å². The van der Waals surface area contributed by atoms with Crippen LogP contribution in [0.1, 0.15) is 31.3 Å². The van der Waals surface area contributed by atoms with Crippen molar-refractivity contribution in [3.8, 4) is 0 Å².